The number of benzene rings is 3. The zero-order valence-electron chi connectivity index (χ0n) is 12.8. The first-order chi connectivity index (χ1) is 10.2. The van der Waals surface area contributed by atoms with E-state index in [4.69, 9.17) is 0 Å². The van der Waals surface area contributed by atoms with E-state index < -0.39 is 0 Å². The van der Waals surface area contributed by atoms with Crippen molar-refractivity contribution in [2.75, 3.05) is 0 Å². The Kier molecular flexibility index (Phi) is 12.5. The summed E-state index contributed by atoms with van der Waals surface area (Å²) in [4.78, 5) is 0. The Morgan fingerprint density at radius 1 is 0.364 bits per heavy atom. The van der Waals surface area contributed by atoms with E-state index in [0.717, 1.165) is 16.7 Å². The van der Waals surface area contributed by atoms with Crippen LogP contribution in [-0.2, 0) is 0 Å². The summed E-state index contributed by atoms with van der Waals surface area (Å²) in [7, 11) is 0. The van der Waals surface area contributed by atoms with Crippen LogP contribution in [-0.4, -0.2) is 0 Å². The smallest absolute Gasteiger partial charge is 0.199 e. The first-order valence-electron chi connectivity index (χ1n) is 6.79. The molecule has 0 fully saturated rings. The minimum atomic E-state index is 0. The average Bonchev–Trinajstić information content (AvgIpc) is 2.51. The maximum Gasteiger partial charge on any atom is 3.00 e. The van der Waals surface area contributed by atoms with Crippen LogP contribution in [0.25, 0.3) is 0 Å². The molecule has 3 rings (SSSR count). The van der Waals surface area contributed by atoms with Gasteiger partial charge in [0, 0.05) is 0 Å². The summed E-state index contributed by atoms with van der Waals surface area (Å²) in [6, 6.07) is 29.6. The minimum Gasteiger partial charge on any atom is -0.199 e. The largest absolute Gasteiger partial charge is 3.00 e. The number of hydrogen-bond donors (Lipinski definition) is 0. The molecule has 0 nitrogen and oxygen atoms in total. The van der Waals surface area contributed by atoms with Crippen LogP contribution in [0.2, 0.25) is 0 Å². The van der Waals surface area contributed by atoms with Crippen molar-refractivity contribution in [2.24, 2.45) is 0 Å². The number of hydrogen-bond acceptors (Lipinski definition) is 0. The molecule has 0 N–H and O–H groups in total. The van der Waals surface area contributed by atoms with Crippen molar-refractivity contribution in [1.29, 1.82) is 0 Å². The predicted octanol–water partition coefficient (Wildman–Crippen LogP) is 5.61. The maximum atomic E-state index is 3.72. The van der Waals surface area contributed by atoms with Crippen LogP contribution >= 0.6 is 0 Å². The molecule has 0 saturated heterocycles. The van der Waals surface area contributed by atoms with Gasteiger partial charge in [0.25, 0.3) is 0 Å². The Hall–Kier alpha value is -1.38. The van der Waals surface area contributed by atoms with Crippen molar-refractivity contribution in [3.63, 3.8) is 0 Å². The van der Waals surface area contributed by atoms with Gasteiger partial charge in [-0.15, -0.1) is 36.4 Å². The Labute approximate surface area is 168 Å². The molecule has 0 spiro atoms. The second-order valence-electron chi connectivity index (χ2n) is 4.46. The van der Waals surface area contributed by atoms with Gasteiger partial charge < -0.3 is 0 Å². The van der Waals surface area contributed by atoms with Crippen LogP contribution in [0.15, 0.2) is 91.0 Å². The molecule has 0 aliphatic rings. The second kappa shape index (κ2) is 13.3. The Morgan fingerprint density at radius 2 is 0.545 bits per heavy atom. The molecule has 0 unspecified atom stereocenters. The topological polar surface area (TPSA) is 0 Å². The fourth-order valence-electron chi connectivity index (χ4n) is 1.43. The van der Waals surface area contributed by atoms with E-state index in [1.807, 2.05) is 91.0 Å². The molecule has 0 amide bonds. The van der Waals surface area contributed by atoms with Gasteiger partial charge in [0.05, 0.1) is 0 Å². The molecule has 0 aromatic heterocycles. The Morgan fingerprint density at radius 3 is 0.636 bits per heavy atom. The molecule has 1 heteroatoms. The van der Waals surface area contributed by atoms with Crippen LogP contribution in [0.1, 0.15) is 16.7 Å². The Bertz CT molecular complexity index is 485. The van der Waals surface area contributed by atoms with Gasteiger partial charge in [0.15, 0.2) is 0 Å². The van der Waals surface area contributed by atoms with Crippen molar-refractivity contribution in [3.8, 4) is 0 Å². The van der Waals surface area contributed by atoms with Crippen molar-refractivity contribution >= 4 is 0 Å². The van der Waals surface area contributed by atoms with Crippen molar-refractivity contribution < 1.29 is 40.8 Å². The fraction of sp³-hybridized carbons (Fsp3) is 0. The first kappa shape index (κ1) is 20.6. The summed E-state index contributed by atoms with van der Waals surface area (Å²) in [6.07, 6.45) is 0. The molecule has 0 bridgehead atoms. The average molecular weight is 418 g/mol. The molecule has 109 valence electrons. The van der Waals surface area contributed by atoms with Gasteiger partial charge >= 0.3 is 40.8 Å². The molecular weight excluding hydrogens is 396 g/mol. The molecule has 0 atom stereocenters. The van der Waals surface area contributed by atoms with E-state index in [2.05, 4.69) is 20.8 Å². The molecule has 0 saturated carbocycles. The minimum absolute atomic E-state index is 0. The molecule has 3 aromatic carbocycles. The van der Waals surface area contributed by atoms with Crippen LogP contribution in [0.4, 0.5) is 0 Å². The molecule has 0 aliphatic carbocycles. The Balaban J connectivity index is 0.000000294. The number of rotatable bonds is 0. The van der Waals surface area contributed by atoms with E-state index in [0.29, 0.717) is 0 Å². The summed E-state index contributed by atoms with van der Waals surface area (Å²) < 4.78 is 0. The molecule has 22 heavy (non-hydrogen) atoms. The van der Waals surface area contributed by atoms with Gasteiger partial charge in [0.1, 0.15) is 0 Å². The van der Waals surface area contributed by atoms with Gasteiger partial charge in [-0.2, -0.15) is 73.9 Å². The molecule has 0 aliphatic heterocycles. The maximum absolute atomic E-state index is 3.72. The summed E-state index contributed by atoms with van der Waals surface area (Å²) >= 11 is 0. The summed E-state index contributed by atoms with van der Waals surface area (Å²) in [5.74, 6) is 0. The summed E-state index contributed by atoms with van der Waals surface area (Å²) in [5, 5.41) is 0. The zero-order valence-corrected chi connectivity index (χ0v) is 16.0. The summed E-state index contributed by atoms with van der Waals surface area (Å²) in [5.41, 5.74) is 3.22. The standard InChI is InChI=1S/3C7H7.Nd/c3*1-7-5-3-2-4-6-7;/h3*2-6H,1H2;/q3*-1;+3. The fourth-order valence-corrected chi connectivity index (χ4v) is 1.43. The van der Waals surface area contributed by atoms with E-state index in [9.17, 15) is 0 Å². The SMILES string of the molecule is [CH2-]c1ccccc1.[CH2-]c1ccccc1.[CH2-]c1ccccc1.[Nd+3]. The van der Waals surface area contributed by atoms with Crippen LogP contribution < -0.4 is 0 Å². The first-order valence-corrected chi connectivity index (χ1v) is 6.79. The van der Waals surface area contributed by atoms with Crippen molar-refractivity contribution in [3.05, 3.63) is 128 Å². The van der Waals surface area contributed by atoms with E-state index in [1.54, 1.807) is 0 Å². The molecular formula is C21H21Nd. The van der Waals surface area contributed by atoms with Crippen molar-refractivity contribution in [1.82, 2.24) is 0 Å². The molecule has 0 heterocycles. The third kappa shape index (κ3) is 11.3. The third-order valence-electron chi connectivity index (χ3n) is 2.53. The predicted molar refractivity (Wildman–Crippen MR) is 92.7 cm³/mol. The van der Waals surface area contributed by atoms with Gasteiger partial charge in [-0.25, -0.2) is 0 Å². The monoisotopic (exact) mass is 415 g/mol. The van der Waals surface area contributed by atoms with Crippen molar-refractivity contribution in [2.45, 2.75) is 0 Å². The molecule has 3 aromatic rings. The van der Waals surface area contributed by atoms with E-state index in [1.165, 1.54) is 0 Å². The van der Waals surface area contributed by atoms with Crippen LogP contribution in [0.3, 0.4) is 0 Å². The van der Waals surface area contributed by atoms with Crippen LogP contribution in [0, 0.1) is 61.6 Å². The van der Waals surface area contributed by atoms with Crippen LogP contribution in [0.5, 0.6) is 0 Å². The van der Waals surface area contributed by atoms with E-state index >= 15 is 0 Å². The zero-order chi connectivity index (χ0) is 15.3. The molecule has 1 radical (unpaired) electrons. The summed E-state index contributed by atoms with van der Waals surface area (Å²) in [6.45, 7) is 11.2. The third-order valence-corrected chi connectivity index (χ3v) is 2.53. The van der Waals surface area contributed by atoms with Gasteiger partial charge in [0.2, 0.25) is 0 Å². The van der Waals surface area contributed by atoms with Gasteiger partial charge in [-0.05, 0) is 0 Å². The van der Waals surface area contributed by atoms with E-state index in [-0.39, 0.29) is 40.8 Å². The van der Waals surface area contributed by atoms with Gasteiger partial charge in [-0.3, -0.25) is 0 Å². The van der Waals surface area contributed by atoms with Gasteiger partial charge in [-0.1, -0.05) is 18.2 Å². The second-order valence-corrected chi connectivity index (χ2v) is 4.46. The quantitative estimate of drug-likeness (QED) is 0.417. The normalized spacial score (nSPS) is 8.18.